The summed E-state index contributed by atoms with van der Waals surface area (Å²) in [5.74, 6) is 0.557. The largest absolute Gasteiger partial charge is 0.380 e. The topological polar surface area (TPSA) is 101 Å². The quantitative estimate of drug-likeness (QED) is 0.283. The fraction of sp³-hybridized carbons (Fsp3) is 0.929. The average molecular weight is 350 g/mol. The minimum absolute atomic E-state index is 0.000480. The van der Waals surface area contributed by atoms with Gasteiger partial charge in [-0.05, 0) is 26.2 Å². The summed E-state index contributed by atoms with van der Waals surface area (Å²) in [6.07, 6.45) is 3.07. The first-order chi connectivity index (χ1) is 11.1. The molecule has 0 bridgehead atoms. The number of ether oxygens (including phenoxy) is 2. The fourth-order valence-electron chi connectivity index (χ4n) is 2.17. The minimum atomic E-state index is -3.31. The van der Waals surface area contributed by atoms with Crippen LogP contribution in [0.25, 0.3) is 0 Å². The van der Waals surface area contributed by atoms with Crippen LogP contribution in [-0.4, -0.2) is 72.7 Å². The van der Waals surface area contributed by atoms with Gasteiger partial charge in [0.25, 0.3) is 0 Å². The van der Waals surface area contributed by atoms with Gasteiger partial charge in [0.1, 0.15) is 0 Å². The van der Waals surface area contributed by atoms with Crippen molar-refractivity contribution in [3.05, 3.63) is 0 Å². The van der Waals surface area contributed by atoms with Crippen LogP contribution < -0.4 is 15.4 Å². The minimum Gasteiger partial charge on any atom is -0.380 e. The molecule has 0 aliphatic carbocycles. The Kier molecular flexibility index (Phi) is 10.2. The van der Waals surface area contributed by atoms with Crippen molar-refractivity contribution < 1.29 is 17.9 Å². The van der Waals surface area contributed by atoms with Gasteiger partial charge in [0.15, 0.2) is 5.96 Å². The van der Waals surface area contributed by atoms with E-state index in [0.717, 1.165) is 25.9 Å². The molecule has 1 heterocycles. The van der Waals surface area contributed by atoms with Gasteiger partial charge in [0.2, 0.25) is 10.0 Å². The smallest absolute Gasteiger partial charge is 0.213 e. The van der Waals surface area contributed by atoms with Crippen LogP contribution in [0.2, 0.25) is 0 Å². The zero-order chi connectivity index (χ0) is 17.0. The van der Waals surface area contributed by atoms with Gasteiger partial charge in [-0.2, -0.15) is 0 Å². The van der Waals surface area contributed by atoms with Gasteiger partial charge >= 0.3 is 0 Å². The molecule has 136 valence electrons. The molecular formula is C14H30N4O4S. The van der Waals surface area contributed by atoms with Crippen LogP contribution in [0.3, 0.4) is 0 Å². The van der Waals surface area contributed by atoms with E-state index in [-0.39, 0.29) is 18.4 Å². The number of nitrogens with zero attached hydrogens (tertiary/aromatic N) is 1. The molecule has 1 fully saturated rings. The van der Waals surface area contributed by atoms with E-state index in [0.29, 0.717) is 32.3 Å². The van der Waals surface area contributed by atoms with Crippen LogP contribution in [0.5, 0.6) is 0 Å². The normalized spacial score (nSPS) is 19.6. The zero-order valence-electron chi connectivity index (χ0n) is 14.1. The number of hydrogen-bond acceptors (Lipinski definition) is 5. The van der Waals surface area contributed by atoms with Gasteiger partial charge in [-0.25, -0.2) is 13.1 Å². The van der Waals surface area contributed by atoms with Crippen LogP contribution >= 0.6 is 0 Å². The van der Waals surface area contributed by atoms with Crippen molar-refractivity contribution in [3.8, 4) is 0 Å². The lowest BCUT2D eigenvalue weighted by atomic mass is 10.1. The number of hydrogen-bond donors (Lipinski definition) is 3. The molecule has 9 heteroatoms. The summed E-state index contributed by atoms with van der Waals surface area (Å²) in [7, 11) is -1.67. The molecule has 0 aromatic heterocycles. The monoisotopic (exact) mass is 350 g/mol. The van der Waals surface area contributed by atoms with E-state index in [9.17, 15) is 8.42 Å². The molecule has 1 aliphatic heterocycles. The Morgan fingerprint density at radius 3 is 2.74 bits per heavy atom. The number of guanidine groups is 1. The number of nitrogens with one attached hydrogen (secondary N) is 3. The maximum absolute atomic E-state index is 12.0. The predicted molar refractivity (Wildman–Crippen MR) is 91.2 cm³/mol. The molecule has 0 spiro atoms. The molecule has 0 aromatic carbocycles. The highest BCUT2D eigenvalue weighted by molar-refractivity contribution is 7.89. The predicted octanol–water partition coefficient (Wildman–Crippen LogP) is -0.324. The van der Waals surface area contributed by atoms with Crippen molar-refractivity contribution >= 4 is 16.0 Å². The summed E-state index contributed by atoms with van der Waals surface area (Å²) in [5.41, 5.74) is 0. The van der Waals surface area contributed by atoms with E-state index in [1.54, 1.807) is 7.05 Å². The van der Waals surface area contributed by atoms with Crippen LogP contribution in [0.15, 0.2) is 4.99 Å². The van der Waals surface area contributed by atoms with Gasteiger partial charge in [-0.1, -0.05) is 0 Å². The second-order valence-corrected chi connectivity index (χ2v) is 7.21. The number of rotatable bonds is 10. The van der Waals surface area contributed by atoms with Crippen molar-refractivity contribution in [1.29, 1.82) is 0 Å². The maximum atomic E-state index is 12.0. The van der Waals surface area contributed by atoms with Gasteiger partial charge in [-0.15, -0.1) is 0 Å². The van der Waals surface area contributed by atoms with Gasteiger partial charge in [0.05, 0.1) is 18.5 Å². The number of sulfonamides is 1. The van der Waals surface area contributed by atoms with E-state index in [1.165, 1.54) is 0 Å². The Bertz CT molecular complexity index is 436. The fourth-order valence-corrected chi connectivity index (χ4v) is 3.13. The molecule has 1 aliphatic rings. The summed E-state index contributed by atoms with van der Waals surface area (Å²) in [6, 6.07) is 0. The third-order valence-corrected chi connectivity index (χ3v) is 4.78. The molecule has 1 saturated heterocycles. The summed E-state index contributed by atoms with van der Waals surface area (Å²) in [4.78, 5) is 4.03. The first kappa shape index (κ1) is 20.1. The lowest BCUT2D eigenvalue weighted by Gasteiger charge is -2.22. The maximum Gasteiger partial charge on any atom is 0.213 e. The molecule has 8 nitrogen and oxygen atoms in total. The van der Waals surface area contributed by atoms with E-state index in [2.05, 4.69) is 20.3 Å². The second kappa shape index (κ2) is 11.6. The highest BCUT2D eigenvalue weighted by Crippen LogP contribution is 2.11. The van der Waals surface area contributed by atoms with Crippen molar-refractivity contribution in [2.75, 3.05) is 52.3 Å². The lowest BCUT2D eigenvalue weighted by Crippen LogP contribution is -2.43. The highest BCUT2D eigenvalue weighted by Gasteiger charge is 2.17. The summed E-state index contributed by atoms with van der Waals surface area (Å²) >= 11 is 0. The summed E-state index contributed by atoms with van der Waals surface area (Å²) in [6.45, 7) is 5.16. The number of aliphatic imine (C=N–C) groups is 1. The van der Waals surface area contributed by atoms with E-state index < -0.39 is 10.0 Å². The van der Waals surface area contributed by atoms with E-state index in [4.69, 9.17) is 9.47 Å². The van der Waals surface area contributed by atoms with Crippen LogP contribution in [0, 0.1) is 0 Å². The third-order valence-electron chi connectivity index (χ3n) is 3.43. The first-order valence-electron chi connectivity index (χ1n) is 8.18. The van der Waals surface area contributed by atoms with Crippen molar-refractivity contribution in [3.63, 3.8) is 0 Å². The van der Waals surface area contributed by atoms with E-state index >= 15 is 0 Å². The van der Waals surface area contributed by atoms with Crippen molar-refractivity contribution in [1.82, 2.24) is 15.4 Å². The molecule has 0 aromatic rings. The van der Waals surface area contributed by atoms with Gasteiger partial charge in [0, 0.05) is 39.9 Å². The molecule has 1 unspecified atom stereocenters. The molecule has 3 N–H and O–H groups in total. The van der Waals surface area contributed by atoms with Crippen molar-refractivity contribution in [2.24, 2.45) is 4.99 Å². The molecular weight excluding hydrogens is 320 g/mol. The standard InChI is InChI=1S/C14H30N4O4S/c1-3-21-10-7-16-14(15-2)17-8-11-23(19,20)18-12-13-6-4-5-9-22-13/h13,18H,3-12H2,1-2H3,(H2,15,16,17). The second-order valence-electron chi connectivity index (χ2n) is 5.28. The van der Waals surface area contributed by atoms with Crippen LogP contribution in [0.1, 0.15) is 26.2 Å². The Balaban J connectivity index is 2.18. The molecule has 1 atom stereocenters. The van der Waals surface area contributed by atoms with Crippen LogP contribution in [-0.2, 0) is 19.5 Å². The average Bonchev–Trinajstić information content (AvgIpc) is 2.56. The summed E-state index contributed by atoms with van der Waals surface area (Å²) in [5, 5.41) is 6.03. The Morgan fingerprint density at radius 1 is 1.30 bits per heavy atom. The third kappa shape index (κ3) is 9.75. The van der Waals surface area contributed by atoms with Crippen molar-refractivity contribution in [2.45, 2.75) is 32.3 Å². The molecule has 0 amide bonds. The van der Waals surface area contributed by atoms with Crippen LogP contribution in [0.4, 0.5) is 0 Å². The highest BCUT2D eigenvalue weighted by atomic mass is 32.2. The molecule has 23 heavy (non-hydrogen) atoms. The molecule has 0 saturated carbocycles. The Morgan fingerprint density at radius 2 is 2.09 bits per heavy atom. The Hall–Kier alpha value is -0.900. The lowest BCUT2D eigenvalue weighted by molar-refractivity contribution is 0.0200. The van der Waals surface area contributed by atoms with E-state index in [1.807, 2.05) is 6.92 Å². The SMILES string of the molecule is CCOCCNC(=NC)NCCS(=O)(=O)NCC1CCCCO1. The van der Waals surface area contributed by atoms with Gasteiger partial charge in [-0.3, -0.25) is 4.99 Å². The zero-order valence-corrected chi connectivity index (χ0v) is 15.0. The van der Waals surface area contributed by atoms with Gasteiger partial charge < -0.3 is 20.1 Å². The first-order valence-corrected chi connectivity index (χ1v) is 9.84. The molecule has 1 rings (SSSR count). The Labute approximate surface area is 139 Å². The molecule has 0 radical (unpaired) electrons. The summed E-state index contributed by atoms with van der Waals surface area (Å²) < 4.78 is 37.2.